The molecule has 0 aliphatic heterocycles. The summed E-state index contributed by atoms with van der Waals surface area (Å²) in [4.78, 5) is 2.44. The summed E-state index contributed by atoms with van der Waals surface area (Å²) in [5.41, 5.74) is 26.5. The predicted molar refractivity (Wildman–Crippen MR) is 344 cm³/mol. The Bertz CT molecular complexity index is 4750. The first-order chi connectivity index (χ1) is 40.4. The average Bonchev–Trinajstić information content (AvgIpc) is 4.15. The summed E-state index contributed by atoms with van der Waals surface area (Å²) in [5, 5.41) is 4.89. The van der Waals surface area contributed by atoms with Crippen LogP contribution in [0.2, 0.25) is 0 Å². The molecule has 0 bridgehead atoms. The minimum Gasteiger partial charge on any atom is -0.310 e. The number of para-hydroxylation sites is 1. The summed E-state index contributed by atoms with van der Waals surface area (Å²) in [6, 6.07) is 113. The Labute approximate surface area is 479 Å². The van der Waals surface area contributed by atoms with Crippen LogP contribution in [-0.4, -0.2) is 4.57 Å². The molecule has 2 aliphatic carbocycles. The van der Waals surface area contributed by atoms with Gasteiger partial charge in [-0.15, -0.1) is 0 Å². The maximum absolute atomic E-state index is 2.46. The molecular formula is C80H56N2. The summed E-state index contributed by atoms with van der Waals surface area (Å²) in [7, 11) is 0. The Morgan fingerprint density at radius 3 is 1.39 bits per heavy atom. The number of hydrogen-bond donors (Lipinski definition) is 0. The maximum Gasteiger partial charge on any atom is 0.0713 e. The number of hydrogen-bond acceptors (Lipinski definition) is 1. The smallest absolute Gasteiger partial charge is 0.0713 e. The molecule has 0 unspecified atom stereocenters. The highest BCUT2D eigenvalue weighted by Gasteiger charge is 2.46. The van der Waals surface area contributed by atoms with Gasteiger partial charge in [-0.2, -0.15) is 0 Å². The molecule has 2 heteroatoms. The van der Waals surface area contributed by atoms with Crippen molar-refractivity contribution in [3.05, 3.63) is 337 Å². The summed E-state index contributed by atoms with van der Waals surface area (Å²) in [6.07, 6.45) is 0. The molecule has 386 valence electrons. The van der Waals surface area contributed by atoms with E-state index in [-0.39, 0.29) is 5.41 Å². The van der Waals surface area contributed by atoms with E-state index < -0.39 is 5.41 Å². The highest BCUT2D eigenvalue weighted by atomic mass is 15.1. The number of benzene rings is 13. The molecule has 16 rings (SSSR count). The molecule has 1 heterocycles. The minimum atomic E-state index is -0.480. The van der Waals surface area contributed by atoms with Gasteiger partial charge >= 0.3 is 0 Å². The fraction of sp³-hybridized carbons (Fsp3) is 0.0500. The van der Waals surface area contributed by atoms with Crippen molar-refractivity contribution in [2.45, 2.75) is 24.7 Å². The van der Waals surface area contributed by atoms with Crippen molar-refractivity contribution in [2.75, 3.05) is 4.90 Å². The second-order valence-corrected chi connectivity index (χ2v) is 22.8. The number of anilines is 3. The van der Waals surface area contributed by atoms with E-state index in [0.29, 0.717) is 0 Å². The number of fused-ring (bicyclic) bond motifs is 10. The summed E-state index contributed by atoms with van der Waals surface area (Å²) in [5.74, 6) is 0. The van der Waals surface area contributed by atoms with Gasteiger partial charge in [-0.3, -0.25) is 0 Å². The van der Waals surface area contributed by atoms with Crippen LogP contribution < -0.4 is 4.90 Å². The van der Waals surface area contributed by atoms with Crippen molar-refractivity contribution in [3.63, 3.8) is 0 Å². The van der Waals surface area contributed by atoms with Gasteiger partial charge < -0.3 is 9.47 Å². The van der Waals surface area contributed by atoms with Crippen LogP contribution in [0, 0.1) is 0 Å². The van der Waals surface area contributed by atoms with Crippen molar-refractivity contribution >= 4 is 49.6 Å². The van der Waals surface area contributed by atoms with Crippen molar-refractivity contribution in [3.8, 4) is 61.3 Å². The normalized spacial score (nSPS) is 13.4. The van der Waals surface area contributed by atoms with Crippen LogP contribution in [0.25, 0.3) is 93.9 Å². The number of rotatable bonds is 9. The van der Waals surface area contributed by atoms with E-state index in [9.17, 15) is 0 Å². The van der Waals surface area contributed by atoms with Crippen molar-refractivity contribution in [1.29, 1.82) is 0 Å². The minimum absolute atomic E-state index is 0.0829. The molecule has 82 heavy (non-hydrogen) atoms. The van der Waals surface area contributed by atoms with E-state index in [1.165, 1.54) is 111 Å². The molecule has 13 aromatic carbocycles. The topological polar surface area (TPSA) is 8.17 Å². The standard InChI is InChI=1S/C80H56N2/c1-79(2)73-31-16-14-28-67(73)69-45-37-56(50-75(69)79)53-33-40-62(41-34-53)81(64-44-48-78-72(52-64)71-49-58(66-30-18-20-55-19-12-13-27-65(55)66)39-47-77(71)82(78)61-25-10-5-11-26-61)63-42-35-54(36-43-63)57-38-46-70-68-29-15-17-32-74(68)80(76(70)51-57,59-21-6-3-7-22-59)60-23-8-4-9-24-60/h3-52H,1-2H3. The van der Waals surface area contributed by atoms with Gasteiger partial charge in [0.2, 0.25) is 0 Å². The van der Waals surface area contributed by atoms with E-state index in [0.717, 1.165) is 33.8 Å². The van der Waals surface area contributed by atoms with Crippen LogP contribution in [0.15, 0.2) is 303 Å². The molecular weight excluding hydrogens is 989 g/mol. The van der Waals surface area contributed by atoms with Crippen LogP contribution >= 0.6 is 0 Å². The predicted octanol–water partition coefficient (Wildman–Crippen LogP) is 21.1. The maximum atomic E-state index is 2.46. The van der Waals surface area contributed by atoms with Gasteiger partial charge in [-0.1, -0.05) is 238 Å². The van der Waals surface area contributed by atoms with Crippen LogP contribution in [0.3, 0.4) is 0 Å². The molecule has 2 aliphatic rings. The van der Waals surface area contributed by atoms with E-state index in [1.54, 1.807) is 0 Å². The van der Waals surface area contributed by atoms with Gasteiger partial charge in [-0.05, 0) is 179 Å². The Hall–Kier alpha value is -10.3. The molecule has 0 atom stereocenters. The average molecular weight is 1050 g/mol. The molecule has 0 saturated heterocycles. The Morgan fingerprint density at radius 2 is 0.732 bits per heavy atom. The first kappa shape index (κ1) is 47.7. The number of aromatic nitrogens is 1. The third kappa shape index (κ3) is 7.28. The van der Waals surface area contributed by atoms with Gasteiger partial charge in [0, 0.05) is 38.9 Å². The highest BCUT2D eigenvalue weighted by Crippen LogP contribution is 2.57. The zero-order valence-electron chi connectivity index (χ0n) is 45.8. The van der Waals surface area contributed by atoms with Crippen LogP contribution in [-0.2, 0) is 10.8 Å². The van der Waals surface area contributed by atoms with Crippen molar-refractivity contribution in [2.24, 2.45) is 0 Å². The largest absolute Gasteiger partial charge is 0.310 e. The highest BCUT2D eigenvalue weighted by molar-refractivity contribution is 6.13. The monoisotopic (exact) mass is 1040 g/mol. The van der Waals surface area contributed by atoms with Gasteiger partial charge in [0.05, 0.1) is 16.4 Å². The van der Waals surface area contributed by atoms with Gasteiger partial charge in [0.1, 0.15) is 0 Å². The van der Waals surface area contributed by atoms with Crippen molar-refractivity contribution in [1.82, 2.24) is 4.57 Å². The lowest BCUT2D eigenvalue weighted by Crippen LogP contribution is -2.28. The Kier molecular flexibility index (Phi) is 10.9. The lowest BCUT2D eigenvalue weighted by Gasteiger charge is -2.34. The molecule has 0 saturated carbocycles. The fourth-order valence-electron chi connectivity index (χ4n) is 14.2. The Morgan fingerprint density at radius 1 is 0.280 bits per heavy atom. The lowest BCUT2D eigenvalue weighted by molar-refractivity contribution is 0.660. The van der Waals surface area contributed by atoms with Gasteiger partial charge in [0.25, 0.3) is 0 Å². The summed E-state index contributed by atoms with van der Waals surface area (Å²) < 4.78 is 2.42. The van der Waals surface area contributed by atoms with Crippen molar-refractivity contribution < 1.29 is 0 Å². The molecule has 2 nitrogen and oxygen atoms in total. The molecule has 0 fully saturated rings. The van der Waals surface area contributed by atoms with E-state index >= 15 is 0 Å². The summed E-state index contributed by atoms with van der Waals surface area (Å²) >= 11 is 0. The fourth-order valence-corrected chi connectivity index (χ4v) is 14.2. The number of nitrogens with zero attached hydrogens (tertiary/aromatic N) is 2. The van der Waals surface area contributed by atoms with Gasteiger partial charge in [-0.25, -0.2) is 0 Å². The first-order valence-corrected chi connectivity index (χ1v) is 28.6. The van der Waals surface area contributed by atoms with Crippen LogP contribution in [0.5, 0.6) is 0 Å². The molecule has 14 aromatic rings. The van der Waals surface area contributed by atoms with E-state index in [2.05, 4.69) is 327 Å². The summed E-state index contributed by atoms with van der Waals surface area (Å²) in [6.45, 7) is 4.72. The van der Waals surface area contributed by atoms with E-state index in [4.69, 9.17) is 0 Å². The van der Waals surface area contributed by atoms with E-state index in [1.807, 2.05) is 0 Å². The van der Waals surface area contributed by atoms with Crippen LogP contribution in [0.1, 0.15) is 47.2 Å². The van der Waals surface area contributed by atoms with Gasteiger partial charge in [0.15, 0.2) is 0 Å². The quantitative estimate of drug-likeness (QED) is 0.140. The van der Waals surface area contributed by atoms with Crippen LogP contribution in [0.4, 0.5) is 17.1 Å². The molecule has 0 amide bonds. The zero-order valence-corrected chi connectivity index (χ0v) is 45.8. The second-order valence-electron chi connectivity index (χ2n) is 22.8. The molecule has 1 aromatic heterocycles. The molecule has 0 radical (unpaired) electrons. The third-order valence-corrected chi connectivity index (χ3v) is 18.1. The Balaban J connectivity index is 0.850. The second kappa shape index (κ2) is 18.7. The third-order valence-electron chi connectivity index (χ3n) is 18.1. The first-order valence-electron chi connectivity index (χ1n) is 28.6. The SMILES string of the molecule is CC1(C)c2ccccc2-c2ccc(-c3ccc(N(c4ccc(-c5ccc6c(c5)C(c5ccccc5)(c5ccccc5)c5ccccc5-6)cc4)c4ccc5c(c4)c4cc(-c6cccc7ccccc67)ccc4n5-c4ccccc4)cc3)cc21. The molecule has 0 spiro atoms. The molecule has 0 N–H and O–H groups in total. The zero-order chi connectivity index (χ0) is 54.5. The lowest BCUT2D eigenvalue weighted by atomic mass is 9.67.